The maximum absolute atomic E-state index is 3.66. The average molecular weight is 217 g/mol. The maximum atomic E-state index is 3.66. The zero-order valence-corrected chi connectivity index (χ0v) is 10.7. The van der Waals surface area contributed by atoms with Crippen LogP contribution in [-0.4, -0.2) is 12.6 Å². The summed E-state index contributed by atoms with van der Waals surface area (Å²) < 4.78 is 0. The number of hydrogen-bond acceptors (Lipinski definition) is 1. The van der Waals surface area contributed by atoms with Crippen molar-refractivity contribution in [2.45, 2.75) is 45.6 Å². The Morgan fingerprint density at radius 1 is 1.12 bits per heavy atom. The van der Waals surface area contributed by atoms with E-state index in [2.05, 4.69) is 56.4 Å². The van der Waals surface area contributed by atoms with E-state index in [0.29, 0.717) is 11.5 Å². The molecule has 0 spiro atoms. The molecule has 1 aromatic rings. The highest BCUT2D eigenvalue weighted by atomic mass is 14.9. The van der Waals surface area contributed by atoms with Crippen molar-refractivity contribution < 1.29 is 0 Å². The standard InChI is InChI=1S/C15H23N/c1-15(2,3)14-11-13(9-10-16-14)12-7-5-4-6-8-12/h4-8,13-14,16H,9-11H2,1-3H3. The van der Waals surface area contributed by atoms with Crippen LogP contribution < -0.4 is 5.32 Å². The van der Waals surface area contributed by atoms with Crippen LogP contribution in [0.2, 0.25) is 0 Å². The lowest BCUT2D eigenvalue weighted by Gasteiger charge is -2.38. The minimum Gasteiger partial charge on any atom is -0.313 e. The van der Waals surface area contributed by atoms with Gasteiger partial charge in [-0.1, -0.05) is 51.1 Å². The fourth-order valence-electron chi connectivity index (χ4n) is 2.61. The van der Waals surface area contributed by atoms with Crippen molar-refractivity contribution in [2.24, 2.45) is 5.41 Å². The second kappa shape index (κ2) is 4.58. The Balaban J connectivity index is 2.08. The molecule has 1 saturated heterocycles. The molecule has 1 aliphatic heterocycles. The minimum atomic E-state index is 0.369. The van der Waals surface area contributed by atoms with Crippen molar-refractivity contribution in [1.82, 2.24) is 5.32 Å². The molecule has 0 aromatic heterocycles. The number of piperidine rings is 1. The van der Waals surface area contributed by atoms with Crippen LogP contribution in [0.3, 0.4) is 0 Å². The first-order valence-corrected chi connectivity index (χ1v) is 6.36. The van der Waals surface area contributed by atoms with E-state index in [-0.39, 0.29) is 0 Å². The molecule has 2 atom stereocenters. The molecule has 2 unspecified atom stereocenters. The first-order chi connectivity index (χ1) is 7.57. The van der Waals surface area contributed by atoms with Crippen LogP contribution in [0.15, 0.2) is 30.3 Å². The van der Waals surface area contributed by atoms with Crippen molar-refractivity contribution in [3.05, 3.63) is 35.9 Å². The molecular formula is C15H23N. The topological polar surface area (TPSA) is 12.0 Å². The molecule has 88 valence electrons. The zero-order valence-electron chi connectivity index (χ0n) is 10.7. The van der Waals surface area contributed by atoms with E-state index in [1.54, 1.807) is 0 Å². The van der Waals surface area contributed by atoms with Crippen molar-refractivity contribution in [1.29, 1.82) is 0 Å². The Morgan fingerprint density at radius 2 is 1.81 bits per heavy atom. The Bertz CT molecular complexity index is 323. The molecule has 0 aliphatic carbocycles. The van der Waals surface area contributed by atoms with Gasteiger partial charge in [0, 0.05) is 6.04 Å². The largest absolute Gasteiger partial charge is 0.313 e. The molecule has 1 fully saturated rings. The third-order valence-corrected chi connectivity index (χ3v) is 3.72. The maximum Gasteiger partial charge on any atom is 0.0121 e. The Morgan fingerprint density at radius 3 is 2.44 bits per heavy atom. The molecule has 1 heterocycles. The van der Waals surface area contributed by atoms with Gasteiger partial charge in [-0.25, -0.2) is 0 Å². The highest BCUT2D eigenvalue weighted by Crippen LogP contribution is 2.34. The number of nitrogens with one attached hydrogen (secondary N) is 1. The molecule has 0 radical (unpaired) electrons. The molecule has 1 aromatic carbocycles. The molecule has 1 N–H and O–H groups in total. The Labute approximate surface area is 99.3 Å². The third kappa shape index (κ3) is 2.65. The molecular weight excluding hydrogens is 194 g/mol. The van der Waals surface area contributed by atoms with Crippen LogP contribution in [-0.2, 0) is 0 Å². The number of rotatable bonds is 1. The smallest absolute Gasteiger partial charge is 0.0121 e. The van der Waals surface area contributed by atoms with Gasteiger partial charge in [-0.05, 0) is 36.3 Å². The van der Waals surface area contributed by atoms with Gasteiger partial charge in [0.1, 0.15) is 0 Å². The lowest BCUT2D eigenvalue weighted by molar-refractivity contribution is 0.211. The number of benzene rings is 1. The van der Waals surface area contributed by atoms with Crippen LogP contribution in [0.1, 0.15) is 45.1 Å². The van der Waals surface area contributed by atoms with Crippen LogP contribution in [0.5, 0.6) is 0 Å². The van der Waals surface area contributed by atoms with Crippen molar-refractivity contribution in [3.63, 3.8) is 0 Å². The first-order valence-electron chi connectivity index (χ1n) is 6.36. The normalized spacial score (nSPS) is 26.7. The van der Waals surface area contributed by atoms with Gasteiger partial charge in [0.15, 0.2) is 0 Å². The van der Waals surface area contributed by atoms with Gasteiger partial charge in [-0.2, -0.15) is 0 Å². The van der Waals surface area contributed by atoms with E-state index in [1.807, 2.05) is 0 Å². The first kappa shape index (κ1) is 11.7. The second-order valence-corrected chi connectivity index (χ2v) is 6.00. The van der Waals surface area contributed by atoms with E-state index in [4.69, 9.17) is 0 Å². The van der Waals surface area contributed by atoms with Gasteiger partial charge in [-0.3, -0.25) is 0 Å². The molecule has 0 bridgehead atoms. The van der Waals surface area contributed by atoms with Gasteiger partial charge >= 0.3 is 0 Å². The highest BCUT2D eigenvalue weighted by Gasteiger charge is 2.30. The summed E-state index contributed by atoms with van der Waals surface area (Å²) in [6.07, 6.45) is 2.55. The van der Waals surface area contributed by atoms with Crippen molar-refractivity contribution >= 4 is 0 Å². The SMILES string of the molecule is CC(C)(C)C1CC(c2ccccc2)CCN1. The van der Waals surface area contributed by atoms with E-state index in [1.165, 1.54) is 18.4 Å². The molecule has 0 saturated carbocycles. The lowest BCUT2D eigenvalue weighted by atomic mass is 9.76. The fourth-order valence-corrected chi connectivity index (χ4v) is 2.61. The highest BCUT2D eigenvalue weighted by molar-refractivity contribution is 5.20. The van der Waals surface area contributed by atoms with Crippen molar-refractivity contribution in [2.75, 3.05) is 6.54 Å². The zero-order chi connectivity index (χ0) is 11.6. The molecule has 2 rings (SSSR count). The fraction of sp³-hybridized carbons (Fsp3) is 0.600. The van der Waals surface area contributed by atoms with Gasteiger partial charge in [0.05, 0.1) is 0 Å². The summed E-state index contributed by atoms with van der Waals surface area (Å²) in [5.41, 5.74) is 1.88. The quantitative estimate of drug-likeness (QED) is 0.758. The van der Waals surface area contributed by atoms with Gasteiger partial charge in [0.2, 0.25) is 0 Å². The lowest BCUT2D eigenvalue weighted by Crippen LogP contribution is -2.45. The Kier molecular flexibility index (Phi) is 3.34. The van der Waals surface area contributed by atoms with Crippen molar-refractivity contribution in [3.8, 4) is 0 Å². The average Bonchev–Trinajstić information content (AvgIpc) is 2.29. The van der Waals surface area contributed by atoms with Crippen LogP contribution in [0.4, 0.5) is 0 Å². The summed E-state index contributed by atoms with van der Waals surface area (Å²) in [7, 11) is 0. The predicted octanol–water partition coefficient (Wildman–Crippen LogP) is 3.57. The van der Waals surface area contributed by atoms with E-state index in [0.717, 1.165) is 12.5 Å². The van der Waals surface area contributed by atoms with Gasteiger partial charge < -0.3 is 5.32 Å². The predicted molar refractivity (Wildman–Crippen MR) is 69.7 cm³/mol. The van der Waals surface area contributed by atoms with Gasteiger partial charge in [-0.15, -0.1) is 0 Å². The summed E-state index contributed by atoms with van der Waals surface area (Å²) >= 11 is 0. The summed E-state index contributed by atoms with van der Waals surface area (Å²) in [6.45, 7) is 8.15. The minimum absolute atomic E-state index is 0.369. The summed E-state index contributed by atoms with van der Waals surface area (Å²) in [4.78, 5) is 0. The van der Waals surface area contributed by atoms with Crippen LogP contribution >= 0.6 is 0 Å². The molecule has 1 aliphatic rings. The van der Waals surface area contributed by atoms with Crippen LogP contribution in [0.25, 0.3) is 0 Å². The molecule has 1 heteroatoms. The third-order valence-electron chi connectivity index (χ3n) is 3.72. The number of hydrogen-bond donors (Lipinski definition) is 1. The Hall–Kier alpha value is -0.820. The van der Waals surface area contributed by atoms with E-state index < -0.39 is 0 Å². The molecule has 1 nitrogen and oxygen atoms in total. The monoisotopic (exact) mass is 217 g/mol. The summed E-state index contributed by atoms with van der Waals surface area (Å²) in [6, 6.07) is 11.6. The van der Waals surface area contributed by atoms with Gasteiger partial charge in [0.25, 0.3) is 0 Å². The van der Waals surface area contributed by atoms with E-state index >= 15 is 0 Å². The summed E-state index contributed by atoms with van der Waals surface area (Å²) in [5.74, 6) is 0.742. The summed E-state index contributed by atoms with van der Waals surface area (Å²) in [5, 5.41) is 3.66. The molecule has 16 heavy (non-hydrogen) atoms. The molecule has 0 amide bonds. The van der Waals surface area contributed by atoms with Crippen LogP contribution in [0, 0.1) is 5.41 Å². The van der Waals surface area contributed by atoms with E-state index in [9.17, 15) is 0 Å². The second-order valence-electron chi connectivity index (χ2n) is 6.00.